The number of rotatable bonds is 7. The van der Waals surface area contributed by atoms with Crippen LogP contribution in [0.4, 0.5) is 0 Å². The maximum Gasteiger partial charge on any atom is 0.143 e. The molecule has 2 unspecified atom stereocenters. The monoisotopic (exact) mass is 217 g/mol. The molecule has 0 amide bonds. The molecule has 0 heterocycles. The van der Waals surface area contributed by atoms with E-state index in [1.807, 2.05) is 6.92 Å². The minimum absolute atomic E-state index is 0.0143. The molecule has 0 aliphatic heterocycles. The van der Waals surface area contributed by atoms with E-state index in [0.717, 1.165) is 6.42 Å². The molecule has 90 valence electrons. The lowest BCUT2D eigenvalue weighted by Gasteiger charge is -2.30. The molecule has 0 aromatic carbocycles. The third-order valence-electron chi connectivity index (χ3n) is 2.90. The zero-order valence-electron chi connectivity index (χ0n) is 9.82. The SMILES string of the molecule is CCC(C)(CCO)NCC(C)C(N)=NO. The van der Waals surface area contributed by atoms with Crippen molar-refractivity contribution in [2.24, 2.45) is 16.8 Å². The van der Waals surface area contributed by atoms with Gasteiger partial charge in [0.15, 0.2) is 0 Å². The van der Waals surface area contributed by atoms with E-state index in [9.17, 15) is 0 Å². The van der Waals surface area contributed by atoms with Gasteiger partial charge >= 0.3 is 0 Å². The number of amidine groups is 1. The molecule has 5 heteroatoms. The highest BCUT2D eigenvalue weighted by Crippen LogP contribution is 2.14. The lowest BCUT2D eigenvalue weighted by molar-refractivity contribution is 0.213. The predicted octanol–water partition coefficient (Wildman–Crippen LogP) is 0.510. The number of nitrogens with zero attached hydrogens (tertiary/aromatic N) is 1. The summed E-state index contributed by atoms with van der Waals surface area (Å²) in [5, 5.41) is 23.7. The summed E-state index contributed by atoms with van der Waals surface area (Å²) >= 11 is 0. The van der Waals surface area contributed by atoms with Gasteiger partial charge in [0.05, 0.1) is 0 Å². The van der Waals surface area contributed by atoms with Crippen LogP contribution in [0.25, 0.3) is 0 Å². The molecule has 0 fully saturated rings. The summed E-state index contributed by atoms with van der Waals surface area (Å²) in [6.45, 7) is 6.81. The smallest absolute Gasteiger partial charge is 0.143 e. The van der Waals surface area contributed by atoms with Crippen LogP contribution < -0.4 is 11.1 Å². The fraction of sp³-hybridized carbons (Fsp3) is 0.900. The Kier molecular flexibility index (Phi) is 6.27. The fourth-order valence-corrected chi connectivity index (χ4v) is 1.24. The van der Waals surface area contributed by atoms with Crippen LogP contribution >= 0.6 is 0 Å². The summed E-state index contributed by atoms with van der Waals surface area (Å²) in [4.78, 5) is 0. The van der Waals surface area contributed by atoms with Crippen molar-refractivity contribution in [1.82, 2.24) is 5.32 Å². The van der Waals surface area contributed by atoms with E-state index in [1.165, 1.54) is 0 Å². The van der Waals surface area contributed by atoms with Crippen molar-refractivity contribution in [3.8, 4) is 0 Å². The van der Waals surface area contributed by atoms with Gasteiger partial charge in [-0.1, -0.05) is 19.0 Å². The average molecular weight is 217 g/mol. The molecule has 0 rings (SSSR count). The summed E-state index contributed by atoms with van der Waals surface area (Å²) in [7, 11) is 0. The second kappa shape index (κ2) is 6.63. The minimum Gasteiger partial charge on any atom is -0.409 e. The highest BCUT2D eigenvalue weighted by Gasteiger charge is 2.21. The van der Waals surface area contributed by atoms with E-state index < -0.39 is 0 Å². The Morgan fingerprint density at radius 2 is 2.20 bits per heavy atom. The Hall–Kier alpha value is -0.810. The molecular formula is C10H23N3O2. The first-order chi connectivity index (χ1) is 6.99. The van der Waals surface area contributed by atoms with Crippen LogP contribution in [-0.2, 0) is 0 Å². The van der Waals surface area contributed by atoms with Crippen molar-refractivity contribution in [3.05, 3.63) is 0 Å². The van der Waals surface area contributed by atoms with Crippen molar-refractivity contribution in [1.29, 1.82) is 0 Å². The number of aliphatic hydroxyl groups excluding tert-OH is 1. The molecule has 0 aromatic rings. The molecule has 5 nitrogen and oxygen atoms in total. The van der Waals surface area contributed by atoms with Crippen LogP contribution in [0.1, 0.15) is 33.6 Å². The molecule has 5 N–H and O–H groups in total. The molecule has 0 bridgehead atoms. The van der Waals surface area contributed by atoms with Crippen molar-refractivity contribution < 1.29 is 10.3 Å². The number of oxime groups is 1. The lowest BCUT2D eigenvalue weighted by Crippen LogP contribution is -2.46. The van der Waals surface area contributed by atoms with Crippen molar-refractivity contribution in [3.63, 3.8) is 0 Å². The van der Waals surface area contributed by atoms with Gasteiger partial charge in [-0.3, -0.25) is 0 Å². The van der Waals surface area contributed by atoms with Crippen LogP contribution in [0.15, 0.2) is 5.16 Å². The van der Waals surface area contributed by atoms with Gasteiger partial charge in [-0.05, 0) is 19.8 Å². The maximum atomic E-state index is 8.93. The topological polar surface area (TPSA) is 90.9 Å². The highest BCUT2D eigenvalue weighted by atomic mass is 16.4. The summed E-state index contributed by atoms with van der Waals surface area (Å²) in [6.07, 6.45) is 1.63. The second-order valence-corrected chi connectivity index (χ2v) is 4.19. The maximum absolute atomic E-state index is 8.93. The van der Waals surface area contributed by atoms with E-state index in [4.69, 9.17) is 16.0 Å². The largest absolute Gasteiger partial charge is 0.409 e. The number of hydrogen-bond acceptors (Lipinski definition) is 4. The third-order valence-corrected chi connectivity index (χ3v) is 2.90. The molecule has 0 aromatic heterocycles. The molecular weight excluding hydrogens is 194 g/mol. The molecule has 0 saturated heterocycles. The number of nitrogens with two attached hydrogens (primary N) is 1. The zero-order chi connectivity index (χ0) is 11.9. The number of nitrogens with one attached hydrogen (secondary N) is 1. The molecule has 0 spiro atoms. The molecule has 2 atom stereocenters. The van der Waals surface area contributed by atoms with Crippen LogP contribution in [0.2, 0.25) is 0 Å². The highest BCUT2D eigenvalue weighted by molar-refractivity contribution is 5.82. The molecule has 0 aliphatic carbocycles. The first kappa shape index (κ1) is 14.2. The normalized spacial score (nSPS) is 18.5. The van der Waals surface area contributed by atoms with Gasteiger partial charge in [0.1, 0.15) is 5.84 Å². The quantitative estimate of drug-likeness (QED) is 0.216. The van der Waals surface area contributed by atoms with Gasteiger partial charge in [-0.15, -0.1) is 0 Å². The zero-order valence-corrected chi connectivity index (χ0v) is 9.82. The molecule has 15 heavy (non-hydrogen) atoms. The molecule has 0 radical (unpaired) electrons. The van der Waals surface area contributed by atoms with Gasteiger partial charge in [0.25, 0.3) is 0 Å². The van der Waals surface area contributed by atoms with Crippen LogP contribution in [0, 0.1) is 5.92 Å². The number of aliphatic hydroxyl groups is 1. The van der Waals surface area contributed by atoms with E-state index in [-0.39, 0.29) is 23.9 Å². The first-order valence-corrected chi connectivity index (χ1v) is 5.32. The van der Waals surface area contributed by atoms with Gasteiger partial charge in [0.2, 0.25) is 0 Å². The average Bonchev–Trinajstić information content (AvgIpc) is 2.25. The van der Waals surface area contributed by atoms with Crippen molar-refractivity contribution >= 4 is 5.84 Å². The van der Waals surface area contributed by atoms with E-state index >= 15 is 0 Å². The molecule has 0 saturated carbocycles. The fourth-order valence-electron chi connectivity index (χ4n) is 1.24. The van der Waals surface area contributed by atoms with Crippen LogP contribution in [-0.4, -0.2) is 34.8 Å². The predicted molar refractivity (Wildman–Crippen MR) is 61.0 cm³/mol. The first-order valence-electron chi connectivity index (χ1n) is 5.32. The van der Waals surface area contributed by atoms with Crippen molar-refractivity contribution in [2.45, 2.75) is 39.2 Å². The Morgan fingerprint density at radius 1 is 1.60 bits per heavy atom. The summed E-state index contributed by atoms with van der Waals surface area (Å²) < 4.78 is 0. The van der Waals surface area contributed by atoms with Crippen LogP contribution in [0.3, 0.4) is 0 Å². The van der Waals surface area contributed by atoms with Crippen LogP contribution in [0.5, 0.6) is 0 Å². The Bertz CT molecular complexity index is 209. The third kappa shape index (κ3) is 4.99. The Labute approximate surface area is 91.4 Å². The van der Waals surface area contributed by atoms with Gasteiger partial charge < -0.3 is 21.4 Å². The Balaban J connectivity index is 4.11. The van der Waals surface area contributed by atoms with Gasteiger partial charge in [-0.2, -0.15) is 0 Å². The Morgan fingerprint density at radius 3 is 2.60 bits per heavy atom. The minimum atomic E-state index is -0.0846. The summed E-state index contributed by atoms with van der Waals surface area (Å²) in [5.74, 6) is 0.213. The summed E-state index contributed by atoms with van der Waals surface area (Å²) in [6, 6.07) is 0. The van der Waals surface area contributed by atoms with Gasteiger partial charge in [-0.25, -0.2) is 0 Å². The summed E-state index contributed by atoms with van der Waals surface area (Å²) in [5.41, 5.74) is 5.39. The van der Waals surface area contributed by atoms with E-state index in [1.54, 1.807) is 0 Å². The van der Waals surface area contributed by atoms with Gasteiger partial charge in [0, 0.05) is 24.6 Å². The van der Waals surface area contributed by atoms with Crippen molar-refractivity contribution in [2.75, 3.05) is 13.2 Å². The lowest BCUT2D eigenvalue weighted by atomic mass is 9.94. The van der Waals surface area contributed by atoms with E-state index in [0.29, 0.717) is 13.0 Å². The second-order valence-electron chi connectivity index (χ2n) is 4.19. The molecule has 0 aliphatic rings. The number of hydrogen-bond donors (Lipinski definition) is 4. The van der Waals surface area contributed by atoms with E-state index in [2.05, 4.69) is 24.3 Å². The standard InChI is InChI=1S/C10H23N3O2/c1-4-10(3,5-6-14)12-7-8(2)9(11)13-15/h8,12,14-15H,4-7H2,1-3H3,(H2,11,13).